The summed E-state index contributed by atoms with van der Waals surface area (Å²) in [5.74, 6) is 0. The highest BCUT2D eigenvalue weighted by molar-refractivity contribution is 9.47. The molecule has 0 unspecified atom stereocenters. The van der Waals surface area contributed by atoms with Crippen LogP contribution in [-0.2, 0) is 6.42 Å². The van der Waals surface area contributed by atoms with Crippen LogP contribution in [0.25, 0.3) is 0 Å². The van der Waals surface area contributed by atoms with Gasteiger partial charge in [-0.3, -0.25) is 25.8 Å². The average Bonchev–Trinajstić information content (AvgIpc) is 2.66. The molecule has 0 saturated heterocycles. The van der Waals surface area contributed by atoms with Crippen molar-refractivity contribution in [2.45, 2.75) is 39.0 Å². The minimum absolute atomic E-state index is 0.0417. The van der Waals surface area contributed by atoms with E-state index in [1.54, 1.807) is 11.3 Å². The molecule has 0 aliphatic rings. The Bertz CT molecular complexity index is 190. The minimum atomic E-state index is 0.0417. The molecule has 0 amide bonds. The second kappa shape index (κ2) is 12.5. The summed E-state index contributed by atoms with van der Waals surface area (Å²) in [4.78, 5) is 0. The number of unbranched alkanes of at least 4 members (excludes halogenated alkanes) is 3. The van der Waals surface area contributed by atoms with Crippen LogP contribution in [0.5, 0.6) is 0 Å². The van der Waals surface area contributed by atoms with Gasteiger partial charge in [-0.05, 0) is 35.2 Å². The number of hydrogen-bond acceptors (Lipinski definition) is 1. The van der Waals surface area contributed by atoms with Crippen molar-refractivity contribution in [3.8, 4) is 0 Å². The topological polar surface area (TPSA) is 0 Å². The van der Waals surface area contributed by atoms with E-state index in [4.69, 9.17) is 0 Å². The second-order valence-corrected chi connectivity index (χ2v) is 11.9. The van der Waals surface area contributed by atoms with E-state index in [-0.39, 0.29) is 16.0 Å². The standard InChI is InChI=1S/C10H16S.2BrH.Mg/c1-2-3-4-5-6-10-7-8-11-9-10;;;/h7-9H,2-6H2,1H3;2*1H;/q;;;+2/p-2. The van der Waals surface area contributed by atoms with Crippen LogP contribution in [0.1, 0.15) is 38.2 Å². The molecule has 14 heavy (non-hydrogen) atoms. The maximum Gasteiger partial charge on any atom is 0.560 e. The first kappa shape index (κ1) is 15.4. The van der Waals surface area contributed by atoms with Gasteiger partial charge < -0.3 is 0 Å². The lowest BCUT2D eigenvalue weighted by Gasteiger charge is -1.96. The van der Waals surface area contributed by atoms with Crippen molar-refractivity contribution in [3.63, 3.8) is 0 Å². The van der Waals surface area contributed by atoms with E-state index in [0.717, 1.165) is 0 Å². The SMILES string of the molecule is CCCCCCc1ccsc1.[Br][Mg][Br]. The van der Waals surface area contributed by atoms with Gasteiger partial charge in [-0.2, -0.15) is 11.3 Å². The van der Waals surface area contributed by atoms with Crippen LogP contribution in [0, 0.1) is 0 Å². The Balaban J connectivity index is 0.000000500. The summed E-state index contributed by atoms with van der Waals surface area (Å²) in [6.07, 6.45) is 6.77. The Morgan fingerprint density at radius 1 is 1.29 bits per heavy atom. The largest absolute Gasteiger partial charge is 0.560 e. The van der Waals surface area contributed by atoms with Crippen molar-refractivity contribution >= 4 is 53.1 Å². The van der Waals surface area contributed by atoms with Crippen LogP contribution in [0.2, 0.25) is 0 Å². The number of hydrogen-bond donors (Lipinski definition) is 0. The predicted octanol–water partition coefficient (Wildman–Crippen LogP) is 5.18. The molecule has 78 valence electrons. The van der Waals surface area contributed by atoms with Gasteiger partial charge in [-0.25, -0.2) is 0 Å². The summed E-state index contributed by atoms with van der Waals surface area (Å²) in [7, 11) is 0. The van der Waals surface area contributed by atoms with Crippen LogP contribution >= 0.6 is 37.1 Å². The lowest BCUT2D eigenvalue weighted by molar-refractivity contribution is 0.667. The van der Waals surface area contributed by atoms with Crippen LogP contribution in [0.15, 0.2) is 16.8 Å². The maximum absolute atomic E-state index is 3.20. The second-order valence-electron chi connectivity index (χ2n) is 3.04. The van der Waals surface area contributed by atoms with Crippen LogP contribution in [0.4, 0.5) is 0 Å². The lowest BCUT2D eigenvalue weighted by atomic mass is 10.1. The number of halogens is 2. The fraction of sp³-hybridized carbons (Fsp3) is 0.600. The average molecular weight is 352 g/mol. The Morgan fingerprint density at radius 2 is 2.00 bits per heavy atom. The van der Waals surface area contributed by atoms with Crippen LogP contribution < -0.4 is 0 Å². The van der Waals surface area contributed by atoms with Crippen molar-refractivity contribution < 1.29 is 0 Å². The molecule has 0 nitrogen and oxygen atoms in total. The van der Waals surface area contributed by atoms with E-state index in [0.29, 0.717) is 0 Å². The van der Waals surface area contributed by atoms with Gasteiger partial charge in [-0.15, -0.1) is 0 Å². The predicted molar refractivity (Wildman–Crippen MR) is 75.8 cm³/mol. The summed E-state index contributed by atoms with van der Waals surface area (Å²) >= 11 is 8.25. The van der Waals surface area contributed by atoms with Gasteiger partial charge in [0.25, 0.3) is 0 Å². The first-order chi connectivity index (χ1) is 6.85. The summed E-state index contributed by atoms with van der Waals surface area (Å²) in [5.41, 5.74) is 1.52. The van der Waals surface area contributed by atoms with E-state index in [1.807, 2.05) is 0 Å². The molecule has 1 aromatic heterocycles. The molecule has 0 aliphatic carbocycles. The van der Waals surface area contributed by atoms with Crippen molar-refractivity contribution in [1.82, 2.24) is 0 Å². The zero-order valence-electron chi connectivity index (χ0n) is 8.64. The van der Waals surface area contributed by atoms with Crippen molar-refractivity contribution in [2.24, 2.45) is 0 Å². The van der Waals surface area contributed by atoms with Gasteiger partial charge in [-0.1, -0.05) is 26.2 Å². The fourth-order valence-electron chi connectivity index (χ4n) is 1.19. The molecule has 0 aliphatic heterocycles. The third-order valence-electron chi connectivity index (χ3n) is 1.90. The zero-order chi connectivity index (χ0) is 10.6. The quantitative estimate of drug-likeness (QED) is 0.506. The van der Waals surface area contributed by atoms with Crippen LogP contribution in [0.3, 0.4) is 0 Å². The van der Waals surface area contributed by atoms with E-state index >= 15 is 0 Å². The monoisotopic (exact) mass is 350 g/mol. The third kappa shape index (κ3) is 9.96. The first-order valence-electron chi connectivity index (χ1n) is 4.98. The fourth-order valence-corrected chi connectivity index (χ4v) is 1.89. The van der Waals surface area contributed by atoms with E-state index in [9.17, 15) is 0 Å². The Hall–Kier alpha value is 1.43. The highest BCUT2D eigenvalue weighted by Crippen LogP contribution is 2.10. The molecule has 0 spiro atoms. The molecule has 0 aromatic carbocycles. The van der Waals surface area contributed by atoms with Gasteiger partial charge in [0.2, 0.25) is 0 Å². The molecule has 0 bridgehead atoms. The zero-order valence-corrected chi connectivity index (χ0v) is 14.0. The van der Waals surface area contributed by atoms with Gasteiger partial charge in [0.15, 0.2) is 0 Å². The highest BCUT2D eigenvalue weighted by Gasteiger charge is 1.91. The van der Waals surface area contributed by atoms with Gasteiger partial charge in [0.05, 0.1) is 0 Å². The normalized spacial score (nSPS) is 8.79. The molecule has 1 rings (SSSR count). The number of thiophene rings is 1. The molecule has 0 atom stereocenters. The Labute approximate surface area is 113 Å². The molecule has 1 heterocycles. The minimum Gasteiger partial charge on any atom is -0.280 e. The molecular formula is C10H16Br2MgS. The smallest absolute Gasteiger partial charge is 0.280 e. The number of rotatable bonds is 5. The van der Waals surface area contributed by atoms with Crippen LogP contribution in [-0.4, -0.2) is 16.0 Å². The molecule has 4 heteroatoms. The Morgan fingerprint density at radius 3 is 2.50 bits per heavy atom. The first-order valence-corrected chi connectivity index (χ1v) is 13.7. The van der Waals surface area contributed by atoms with Crippen molar-refractivity contribution in [3.05, 3.63) is 22.4 Å². The van der Waals surface area contributed by atoms with E-state index < -0.39 is 0 Å². The van der Waals surface area contributed by atoms with Gasteiger partial charge in [0.1, 0.15) is 0 Å². The Kier molecular flexibility index (Phi) is 13.8. The number of aryl methyl sites for hydroxylation is 1. The summed E-state index contributed by atoms with van der Waals surface area (Å²) in [6.45, 7) is 2.25. The van der Waals surface area contributed by atoms with E-state index in [2.05, 4.69) is 49.5 Å². The third-order valence-corrected chi connectivity index (χ3v) is 2.63. The molecule has 0 saturated carbocycles. The molecule has 0 fully saturated rings. The van der Waals surface area contributed by atoms with E-state index in [1.165, 1.54) is 37.7 Å². The van der Waals surface area contributed by atoms with Gasteiger partial charge >= 0.3 is 16.0 Å². The van der Waals surface area contributed by atoms with Crippen molar-refractivity contribution in [1.29, 1.82) is 0 Å². The molecule has 0 N–H and O–H groups in total. The lowest BCUT2D eigenvalue weighted by Crippen LogP contribution is -1.81. The summed E-state index contributed by atoms with van der Waals surface area (Å²) < 4.78 is 0. The van der Waals surface area contributed by atoms with Crippen molar-refractivity contribution in [2.75, 3.05) is 0 Å². The molecular weight excluding hydrogens is 336 g/mol. The molecule has 1 aromatic rings. The summed E-state index contributed by atoms with van der Waals surface area (Å²) in [5, 5.41) is 4.42. The summed E-state index contributed by atoms with van der Waals surface area (Å²) in [6, 6.07) is 2.23. The molecule has 0 radical (unpaired) electrons. The van der Waals surface area contributed by atoms with Gasteiger partial charge in [0, 0.05) is 0 Å². The highest BCUT2D eigenvalue weighted by atomic mass is 79.9. The maximum atomic E-state index is 3.20.